The van der Waals surface area contributed by atoms with E-state index >= 15 is 0 Å². The van der Waals surface area contributed by atoms with E-state index < -0.39 is 16.0 Å². The van der Waals surface area contributed by atoms with Gasteiger partial charge in [0.1, 0.15) is 4.21 Å². The Bertz CT molecular complexity index is 778. The number of carboxylic acids is 1. The first-order valence-corrected chi connectivity index (χ1v) is 8.59. The van der Waals surface area contributed by atoms with Crippen LogP contribution < -0.4 is 4.72 Å². The van der Waals surface area contributed by atoms with Crippen LogP contribution in [-0.4, -0.2) is 19.5 Å². The number of thiophene rings is 1. The van der Waals surface area contributed by atoms with Crippen LogP contribution >= 0.6 is 11.3 Å². The van der Waals surface area contributed by atoms with Gasteiger partial charge >= 0.3 is 5.97 Å². The maximum Gasteiger partial charge on any atom is 0.337 e. The molecule has 0 fully saturated rings. The smallest absolute Gasteiger partial charge is 0.337 e. The summed E-state index contributed by atoms with van der Waals surface area (Å²) in [6.07, 6.45) is 0.755. The van der Waals surface area contributed by atoms with Crippen molar-refractivity contribution in [3.63, 3.8) is 0 Å². The van der Waals surface area contributed by atoms with E-state index in [0.717, 1.165) is 11.3 Å². The summed E-state index contributed by atoms with van der Waals surface area (Å²) in [6.45, 7) is 3.61. The number of aromatic carboxylic acids is 1. The molecule has 0 bridgehead atoms. The lowest BCUT2D eigenvalue weighted by Gasteiger charge is -2.12. The third-order valence-corrected chi connectivity index (χ3v) is 6.06. The van der Waals surface area contributed by atoms with Crippen LogP contribution in [0, 0.1) is 6.92 Å². The Hall–Kier alpha value is -1.86. The number of carboxylic acid groups (broad SMARTS) is 1. The lowest BCUT2D eigenvalue weighted by atomic mass is 10.1. The molecule has 5 nitrogen and oxygen atoms in total. The van der Waals surface area contributed by atoms with Crippen LogP contribution in [0.2, 0.25) is 0 Å². The molecule has 1 aromatic carbocycles. The summed E-state index contributed by atoms with van der Waals surface area (Å²) in [7, 11) is -3.78. The minimum absolute atomic E-state index is 0.0640. The van der Waals surface area contributed by atoms with E-state index in [0.29, 0.717) is 5.56 Å². The van der Waals surface area contributed by atoms with Crippen LogP contribution in [0.25, 0.3) is 0 Å². The summed E-state index contributed by atoms with van der Waals surface area (Å²) in [5.74, 6) is -1.17. The largest absolute Gasteiger partial charge is 0.478 e. The molecule has 0 aliphatic carbocycles. The Labute approximate surface area is 127 Å². The van der Waals surface area contributed by atoms with Crippen molar-refractivity contribution in [1.82, 2.24) is 0 Å². The third kappa shape index (κ3) is 3.25. The fourth-order valence-electron chi connectivity index (χ4n) is 1.86. The van der Waals surface area contributed by atoms with Gasteiger partial charge in [0.2, 0.25) is 0 Å². The van der Waals surface area contributed by atoms with Crippen molar-refractivity contribution in [2.45, 2.75) is 24.5 Å². The van der Waals surface area contributed by atoms with Gasteiger partial charge in [0.25, 0.3) is 10.0 Å². The molecule has 0 radical (unpaired) electrons. The predicted molar refractivity (Wildman–Crippen MR) is 82.6 cm³/mol. The zero-order valence-corrected chi connectivity index (χ0v) is 13.2. The first kappa shape index (κ1) is 15.5. The molecule has 0 aliphatic rings. The first-order valence-electron chi connectivity index (χ1n) is 6.29. The third-order valence-electron chi connectivity index (χ3n) is 2.99. The quantitative estimate of drug-likeness (QED) is 0.884. The number of benzene rings is 1. The Morgan fingerprint density at radius 2 is 2.00 bits per heavy atom. The molecule has 1 heterocycles. The topological polar surface area (TPSA) is 83.5 Å². The highest BCUT2D eigenvalue weighted by Gasteiger charge is 2.21. The van der Waals surface area contributed by atoms with Crippen molar-refractivity contribution in [2.24, 2.45) is 0 Å². The van der Waals surface area contributed by atoms with E-state index in [2.05, 4.69) is 4.72 Å². The highest BCUT2D eigenvalue weighted by Crippen LogP contribution is 2.27. The molecular formula is C14H15NO4S2. The van der Waals surface area contributed by atoms with Crippen molar-refractivity contribution in [3.8, 4) is 0 Å². The molecule has 0 amide bonds. The molecule has 2 N–H and O–H groups in total. The number of anilines is 1. The van der Waals surface area contributed by atoms with E-state index in [4.69, 9.17) is 5.11 Å². The van der Waals surface area contributed by atoms with Gasteiger partial charge in [-0.25, -0.2) is 13.2 Å². The minimum atomic E-state index is -3.78. The van der Waals surface area contributed by atoms with Crippen LogP contribution in [-0.2, 0) is 16.4 Å². The monoisotopic (exact) mass is 325 g/mol. The van der Waals surface area contributed by atoms with Crippen molar-refractivity contribution < 1.29 is 18.3 Å². The Morgan fingerprint density at radius 3 is 2.57 bits per heavy atom. The molecular weight excluding hydrogens is 310 g/mol. The van der Waals surface area contributed by atoms with Gasteiger partial charge in [-0.1, -0.05) is 19.1 Å². The summed E-state index contributed by atoms with van der Waals surface area (Å²) in [5, 5.41) is 9.17. The predicted octanol–water partition coefficient (Wildman–Crippen LogP) is 3.12. The molecule has 0 saturated carbocycles. The van der Waals surface area contributed by atoms with E-state index in [1.807, 2.05) is 6.92 Å². The molecule has 21 heavy (non-hydrogen) atoms. The maximum absolute atomic E-state index is 12.4. The lowest BCUT2D eigenvalue weighted by Crippen LogP contribution is -2.15. The number of para-hydroxylation sites is 1. The number of aryl methyl sites for hydroxylation is 2. The molecule has 0 atom stereocenters. The molecule has 2 rings (SSSR count). The number of hydrogen-bond acceptors (Lipinski definition) is 4. The number of carbonyl (C=O) groups is 1. The van der Waals surface area contributed by atoms with Crippen LogP contribution in [0.1, 0.15) is 27.7 Å². The normalized spacial score (nSPS) is 11.3. The number of nitrogens with one attached hydrogen (secondary N) is 1. The van der Waals surface area contributed by atoms with Crippen molar-refractivity contribution >= 4 is 33.0 Å². The number of rotatable bonds is 5. The Balaban J connectivity index is 2.44. The summed E-state index contributed by atoms with van der Waals surface area (Å²) >= 11 is 1.18. The summed E-state index contributed by atoms with van der Waals surface area (Å²) in [6, 6.07) is 7.91. The average molecular weight is 325 g/mol. The number of sulfonamides is 1. The Kier molecular flexibility index (Phi) is 4.34. The molecule has 0 spiro atoms. The zero-order chi connectivity index (χ0) is 15.6. The van der Waals surface area contributed by atoms with Gasteiger partial charge in [0.05, 0.1) is 11.3 Å². The zero-order valence-electron chi connectivity index (χ0n) is 11.6. The number of hydrogen-bond donors (Lipinski definition) is 2. The molecule has 0 saturated heterocycles. The fourth-order valence-corrected chi connectivity index (χ4v) is 4.31. The van der Waals surface area contributed by atoms with Crippen molar-refractivity contribution in [2.75, 3.05) is 4.72 Å². The highest BCUT2D eigenvalue weighted by molar-refractivity contribution is 7.94. The fraction of sp³-hybridized carbons (Fsp3) is 0.214. The summed E-state index contributed by atoms with van der Waals surface area (Å²) in [5.41, 5.74) is 0.605. The SMILES string of the molecule is CCc1ccc(S(=O)(=O)Nc2c(C)cccc2C(=O)O)s1. The van der Waals surface area contributed by atoms with E-state index in [9.17, 15) is 13.2 Å². The minimum Gasteiger partial charge on any atom is -0.478 e. The van der Waals surface area contributed by atoms with Gasteiger partial charge < -0.3 is 5.11 Å². The van der Waals surface area contributed by atoms with E-state index in [1.165, 1.54) is 23.5 Å². The van der Waals surface area contributed by atoms with Crippen LogP contribution in [0.5, 0.6) is 0 Å². The Morgan fingerprint density at radius 1 is 1.29 bits per heavy atom. The molecule has 0 unspecified atom stereocenters. The molecule has 2 aromatic rings. The van der Waals surface area contributed by atoms with Gasteiger partial charge in [-0.3, -0.25) is 4.72 Å². The van der Waals surface area contributed by atoms with Gasteiger partial charge in [0.15, 0.2) is 0 Å². The summed E-state index contributed by atoms with van der Waals surface area (Å²) in [4.78, 5) is 12.2. The molecule has 1 aromatic heterocycles. The van der Waals surface area contributed by atoms with Crippen molar-refractivity contribution in [1.29, 1.82) is 0 Å². The molecule has 0 aliphatic heterocycles. The second kappa shape index (κ2) is 5.87. The first-order chi connectivity index (χ1) is 9.85. The van der Waals surface area contributed by atoms with Crippen LogP contribution in [0.3, 0.4) is 0 Å². The standard InChI is InChI=1S/C14H15NO4S2/c1-3-10-7-8-12(20-10)21(18,19)15-13-9(2)5-4-6-11(13)14(16)17/h4-8,15H,3H2,1-2H3,(H,16,17). The van der Waals surface area contributed by atoms with Gasteiger partial charge in [-0.2, -0.15) is 0 Å². The highest BCUT2D eigenvalue weighted by atomic mass is 32.2. The van der Waals surface area contributed by atoms with Crippen LogP contribution in [0.15, 0.2) is 34.5 Å². The van der Waals surface area contributed by atoms with Gasteiger partial charge in [0, 0.05) is 4.88 Å². The van der Waals surface area contributed by atoms with Gasteiger partial charge in [-0.05, 0) is 37.1 Å². The lowest BCUT2D eigenvalue weighted by molar-refractivity contribution is 0.0698. The van der Waals surface area contributed by atoms with Gasteiger partial charge in [-0.15, -0.1) is 11.3 Å². The average Bonchev–Trinajstić information content (AvgIpc) is 2.90. The van der Waals surface area contributed by atoms with E-state index in [-0.39, 0.29) is 15.5 Å². The summed E-state index contributed by atoms with van der Waals surface area (Å²) < 4.78 is 27.3. The molecule has 7 heteroatoms. The second-order valence-corrected chi connectivity index (χ2v) is 7.56. The second-order valence-electron chi connectivity index (χ2n) is 4.48. The molecule has 112 valence electrons. The van der Waals surface area contributed by atoms with Crippen molar-refractivity contribution in [3.05, 3.63) is 46.3 Å². The maximum atomic E-state index is 12.4. The van der Waals surface area contributed by atoms with Crippen LogP contribution in [0.4, 0.5) is 5.69 Å². The van der Waals surface area contributed by atoms with E-state index in [1.54, 1.807) is 25.1 Å².